The first kappa shape index (κ1) is 13.9. The van der Waals surface area contributed by atoms with Gasteiger partial charge in [-0.3, -0.25) is 0 Å². The van der Waals surface area contributed by atoms with Crippen LogP contribution in [0.25, 0.3) is 0 Å². The van der Waals surface area contributed by atoms with E-state index >= 15 is 0 Å². The van der Waals surface area contributed by atoms with Gasteiger partial charge in [0.05, 0.1) is 6.04 Å². The van der Waals surface area contributed by atoms with Crippen molar-refractivity contribution in [1.29, 1.82) is 0 Å². The first-order chi connectivity index (χ1) is 7.69. The first-order valence-corrected chi connectivity index (χ1v) is 6.48. The second kappa shape index (κ2) is 7.25. The summed E-state index contributed by atoms with van der Waals surface area (Å²) in [4.78, 5) is 0. The van der Waals surface area contributed by atoms with Crippen molar-refractivity contribution in [2.24, 2.45) is 11.8 Å². The molecule has 0 saturated heterocycles. The van der Waals surface area contributed by atoms with Crippen LogP contribution in [-0.2, 0) is 9.47 Å². The van der Waals surface area contributed by atoms with Crippen LogP contribution in [0.1, 0.15) is 39.5 Å². The molecule has 1 saturated carbocycles. The highest BCUT2D eigenvalue weighted by Crippen LogP contribution is 2.28. The Balaban J connectivity index is 2.26. The van der Waals surface area contributed by atoms with E-state index in [4.69, 9.17) is 9.47 Å². The molecule has 0 bridgehead atoms. The molecule has 0 radical (unpaired) electrons. The molecule has 0 amide bonds. The average molecular weight is 229 g/mol. The Kier molecular flexibility index (Phi) is 6.32. The van der Waals surface area contributed by atoms with Gasteiger partial charge in [-0.25, -0.2) is 0 Å². The third-order valence-corrected chi connectivity index (χ3v) is 3.86. The number of rotatable bonds is 6. The van der Waals surface area contributed by atoms with Gasteiger partial charge >= 0.3 is 0 Å². The van der Waals surface area contributed by atoms with E-state index in [2.05, 4.69) is 19.2 Å². The van der Waals surface area contributed by atoms with Crippen molar-refractivity contribution >= 4 is 0 Å². The Morgan fingerprint density at radius 3 is 2.38 bits per heavy atom. The second-order valence-corrected chi connectivity index (χ2v) is 5.06. The van der Waals surface area contributed by atoms with E-state index in [9.17, 15) is 0 Å². The van der Waals surface area contributed by atoms with Gasteiger partial charge in [-0.05, 0) is 31.7 Å². The van der Waals surface area contributed by atoms with Crippen molar-refractivity contribution in [1.82, 2.24) is 5.32 Å². The molecular weight excluding hydrogens is 202 g/mol. The van der Waals surface area contributed by atoms with E-state index < -0.39 is 0 Å². The standard InChI is InChI=1S/C13H27NO2/c1-10-7-5-6-8-12(10)9-14-11(2)13(15-3)16-4/h10-14H,5-9H2,1-4H3. The fourth-order valence-electron chi connectivity index (χ4n) is 2.63. The molecule has 0 heterocycles. The highest BCUT2D eigenvalue weighted by molar-refractivity contribution is 4.76. The van der Waals surface area contributed by atoms with Crippen molar-refractivity contribution in [2.75, 3.05) is 20.8 Å². The summed E-state index contributed by atoms with van der Waals surface area (Å²) in [5.41, 5.74) is 0. The summed E-state index contributed by atoms with van der Waals surface area (Å²) < 4.78 is 10.5. The van der Waals surface area contributed by atoms with Gasteiger partial charge in [-0.2, -0.15) is 0 Å². The Hall–Kier alpha value is -0.120. The van der Waals surface area contributed by atoms with Crippen LogP contribution in [0.3, 0.4) is 0 Å². The molecule has 3 unspecified atom stereocenters. The van der Waals surface area contributed by atoms with E-state index in [0.717, 1.165) is 18.4 Å². The van der Waals surface area contributed by atoms with Gasteiger partial charge in [-0.15, -0.1) is 0 Å². The van der Waals surface area contributed by atoms with E-state index in [1.54, 1.807) is 14.2 Å². The minimum atomic E-state index is -0.140. The maximum absolute atomic E-state index is 5.24. The van der Waals surface area contributed by atoms with Crippen LogP contribution >= 0.6 is 0 Å². The van der Waals surface area contributed by atoms with Crippen molar-refractivity contribution in [3.05, 3.63) is 0 Å². The summed E-state index contributed by atoms with van der Waals surface area (Å²) in [5, 5.41) is 3.53. The van der Waals surface area contributed by atoms with Gasteiger partial charge in [0.2, 0.25) is 0 Å². The fourth-order valence-corrected chi connectivity index (χ4v) is 2.63. The van der Waals surface area contributed by atoms with E-state index in [1.807, 2.05) is 0 Å². The lowest BCUT2D eigenvalue weighted by Crippen LogP contribution is -2.43. The number of hydrogen-bond acceptors (Lipinski definition) is 3. The minimum absolute atomic E-state index is 0.140. The van der Waals surface area contributed by atoms with Crippen molar-refractivity contribution in [3.63, 3.8) is 0 Å². The van der Waals surface area contributed by atoms with Gasteiger partial charge in [-0.1, -0.05) is 26.2 Å². The highest BCUT2D eigenvalue weighted by Gasteiger charge is 2.23. The van der Waals surface area contributed by atoms with Gasteiger partial charge in [0, 0.05) is 14.2 Å². The van der Waals surface area contributed by atoms with Crippen LogP contribution in [0.5, 0.6) is 0 Å². The molecule has 1 aliphatic carbocycles. The van der Waals surface area contributed by atoms with Crippen molar-refractivity contribution < 1.29 is 9.47 Å². The van der Waals surface area contributed by atoms with Crippen LogP contribution in [0.2, 0.25) is 0 Å². The lowest BCUT2D eigenvalue weighted by Gasteiger charge is -2.31. The molecule has 3 atom stereocenters. The van der Waals surface area contributed by atoms with E-state index in [1.165, 1.54) is 25.7 Å². The summed E-state index contributed by atoms with van der Waals surface area (Å²) in [7, 11) is 3.38. The largest absolute Gasteiger partial charge is 0.354 e. The number of nitrogens with one attached hydrogen (secondary N) is 1. The number of methoxy groups -OCH3 is 2. The van der Waals surface area contributed by atoms with E-state index in [0.29, 0.717) is 0 Å². The molecule has 0 aromatic heterocycles. The monoisotopic (exact) mass is 229 g/mol. The van der Waals surface area contributed by atoms with Crippen LogP contribution < -0.4 is 5.32 Å². The van der Waals surface area contributed by atoms with Crippen LogP contribution in [0, 0.1) is 11.8 Å². The molecule has 0 aliphatic heterocycles. The quantitative estimate of drug-likeness (QED) is 0.710. The Bertz CT molecular complexity index is 183. The SMILES string of the molecule is COC(OC)C(C)NCC1CCCCC1C. The molecule has 96 valence electrons. The molecule has 3 heteroatoms. The van der Waals surface area contributed by atoms with Crippen LogP contribution in [-0.4, -0.2) is 33.1 Å². The third-order valence-electron chi connectivity index (χ3n) is 3.86. The zero-order chi connectivity index (χ0) is 12.0. The lowest BCUT2D eigenvalue weighted by molar-refractivity contribution is -0.120. The normalized spacial score (nSPS) is 28.3. The van der Waals surface area contributed by atoms with Gasteiger partial charge in [0.1, 0.15) is 0 Å². The molecule has 1 aliphatic rings. The minimum Gasteiger partial charge on any atom is -0.354 e. The topological polar surface area (TPSA) is 30.5 Å². The highest BCUT2D eigenvalue weighted by atomic mass is 16.7. The zero-order valence-electron chi connectivity index (χ0n) is 11.2. The Morgan fingerprint density at radius 1 is 1.19 bits per heavy atom. The van der Waals surface area contributed by atoms with Crippen molar-refractivity contribution in [3.8, 4) is 0 Å². The molecular formula is C13H27NO2. The van der Waals surface area contributed by atoms with Gasteiger partial charge in [0.15, 0.2) is 6.29 Å². The summed E-state index contributed by atoms with van der Waals surface area (Å²) in [6.07, 6.45) is 5.41. The smallest absolute Gasteiger partial charge is 0.171 e. The van der Waals surface area contributed by atoms with Crippen LogP contribution in [0.4, 0.5) is 0 Å². The summed E-state index contributed by atoms with van der Waals surface area (Å²) >= 11 is 0. The molecule has 0 aromatic rings. The predicted molar refractivity (Wildman–Crippen MR) is 66.4 cm³/mol. The lowest BCUT2D eigenvalue weighted by atomic mass is 9.80. The molecule has 16 heavy (non-hydrogen) atoms. The predicted octanol–water partition coefficient (Wildman–Crippen LogP) is 2.41. The second-order valence-electron chi connectivity index (χ2n) is 5.06. The molecule has 1 N–H and O–H groups in total. The molecule has 0 aromatic carbocycles. The Morgan fingerprint density at radius 2 is 1.81 bits per heavy atom. The maximum atomic E-state index is 5.24. The molecule has 1 fully saturated rings. The average Bonchev–Trinajstić information content (AvgIpc) is 2.29. The number of hydrogen-bond donors (Lipinski definition) is 1. The van der Waals surface area contributed by atoms with Gasteiger partial charge in [0.25, 0.3) is 0 Å². The molecule has 3 nitrogen and oxygen atoms in total. The molecule has 1 rings (SSSR count). The summed E-state index contributed by atoms with van der Waals surface area (Å²) in [6, 6.07) is 0.254. The summed E-state index contributed by atoms with van der Waals surface area (Å²) in [5.74, 6) is 1.68. The molecule has 0 spiro atoms. The summed E-state index contributed by atoms with van der Waals surface area (Å²) in [6.45, 7) is 5.58. The first-order valence-electron chi connectivity index (χ1n) is 6.48. The maximum Gasteiger partial charge on any atom is 0.171 e. The third kappa shape index (κ3) is 4.04. The van der Waals surface area contributed by atoms with Crippen molar-refractivity contribution in [2.45, 2.75) is 51.9 Å². The fraction of sp³-hybridized carbons (Fsp3) is 1.00. The zero-order valence-corrected chi connectivity index (χ0v) is 11.2. The number of ether oxygens (including phenoxy) is 2. The van der Waals surface area contributed by atoms with E-state index in [-0.39, 0.29) is 12.3 Å². The van der Waals surface area contributed by atoms with Gasteiger partial charge < -0.3 is 14.8 Å². The van der Waals surface area contributed by atoms with Crippen LogP contribution in [0.15, 0.2) is 0 Å². The Labute approximate surface area is 99.9 Å².